The number of nitrogens with zero attached hydrogens (tertiary/aromatic N) is 1. The number of imide groups is 1. The number of aryl methyl sites for hydroxylation is 1. The van der Waals surface area contributed by atoms with Crippen LogP contribution in [0.1, 0.15) is 33.0 Å². The van der Waals surface area contributed by atoms with Gasteiger partial charge in [-0.15, -0.1) is 0 Å². The van der Waals surface area contributed by atoms with Crippen LogP contribution in [0, 0.1) is 6.92 Å². The highest BCUT2D eigenvalue weighted by atomic mass is 79.9. The number of ether oxygens (including phenoxy) is 3. The third-order valence-electron chi connectivity index (χ3n) is 5.36. The van der Waals surface area contributed by atoms with Crippen LogP contribution >= 0.6 is 15.9 Å². The van der Waals surface area contributed by atoms with E-state index in [1.807, 2.05) is 31.2 Å². The quantitative estimate of drug-likeness (QED) is 0.241. The molecule has 1 aliphatic heterocycles. The molecule has 0 atom stereocenters. The fraction of sp³-hybridized carbons (Fsp3) is 0.192. The van der Waals surface area contributed by atoms with E-state index in [1.54, 1.807) is 12.1 Å². The van der Waals surface area contributed by atoms with E-state index in [0.29, 0.717) is 21.5 Å². The zero-order chi connectivity index (χ0) is 25.8. The minimum Gasteiger partial charge on any atom is -0.493 e. The Balaban J connectivity index is 1.59. The summed E-state index contributed by atoms with van der Waals surface area (Å²) in [7, 11) is 2.75. The van der Waals surface area contributed by atoms with Crippen LogP contribution in [0.4, 0.5) is 4.79 Å². The molecule has 2 heterocycles. The van der Waals surface area contributed by atoms with E-state index in [2.05, 4.69) is 26.0 Å². The smallest absolute Gasteiger partial charge is 0.373 e. The molecule has 1 aliphatic rings. The Kier molecular flexibility index (Phi) is 7.44. The van der Waals surface area contributed by atoms with Gasteiger partial charge in [-0.1, -0.05) is 45.8 Å². The largest absolute Gasteiger partial charge is 0.493 e. The number of methoxy groups -OCH3 is 2. The molecule has 1 N–H and O–H groups in total. The van der Waals surface area contributed by atoms with Gasteiger partial charge < -0.3 is 23.9 Å². The van der Waals surface area contributed by atoms with Gasteiger partial charge in [-0.2, -0.15) is 0 Å². The maximum Gasteiger partial charge on any atom is 0.373 e. The molecule has 2 aromatic carbocycles. The number of nitrogens with one attached hydrogen (secondary N) is 1. The Morgan fingerprint density at radius 3 is 2.67 bits per heavy atom. The van der Waals surface area contributed by atoms with E-state index in [1.165, 1.54) is 32.4 Å². The number of carbonyl (C=O) groups excluding carboxylic acids is 3. The highest BCUT2D eigenvalue weighted by Gasteiger charge is 2.34. The first-order chi connectivity index (χ1) is 17.3. The third-order valence-corrected chi connectivity index (χ3v) is 5.82. The number of benzene rings is 2. The van der Waals surface area contributed by atoms with Gasteiger partial charge in [-0.05, 0) is 42.8 Å². The van der Waals surface area contributed by atoms with Crippen LogP contribution in [0.25, 0.3) is 6.08 Å². The van der Waals surface area contributed by atoms with Crippen molar-refractivity contribution in [3.8, 4) is 11.5 Å². The number of esters is 1. The van der Waals surface area contributed by atoms with Crippen LogP contribution in [0.2, 0.25) is 0 Å². The zero-order valence-corrected chi connectivity index (χ0v) is 21.4. The van der Waals surface area contributed by atoms with E-state index in [-0.39, 0.29) is 30.4 Å². The summed E-state index contributed by atoms with van der Waals surface area (Å²) in [5.74, 6) is -0.0915. The number of amides is 3. The molecule has 1 saturated heterocycles. The number of hydrogen-bond acceptors (Lipinski definition) is 7. The van der Waals surface area contributed by atoms with Gasteiger partial charge >= 0.3 is 12.0 Å². The maximum atomic E-state index is 13.0. The molecule has 186 valence electrons. The van der Waals surface area contributed by atoms with E-state index < -0.39 is 17.9 Å². The minimum absolute atomic E-state index is 0.0213. The summed E-state index contributed by atoms with van der Waals surface area (Å²) in [6.45, 7) is 2.12. The van der Waals surface area contributed by atoms with Gasteiger partial charge in [-0.25, -0.2) is 9.59 Å². The van der Waals surface area contributed by atoms with Crippen molar-refractivity contribution in [1.82, 2.24) is 10.2 Å². The predicted molar refractivity (Wildman–Crippen MR) is 133 cm³/mol. The first-order valence-corrected chi connectivity index (χ1v) is 11.7. The molecule has 10 heteroatoms. The fourth-order valence-electron chi connectivity index (χ4n) is 3.66. The Morgan fingerprint density at radius 1 is 1.14 bits per heavy atom. The fourth-order valence-corrected chi connectivity index (χ4v) is 4.11. The Labute approximate surface area is 215 Å². The summed E-state index contributed by atoms with van der Waals surface area (Å²) in [5.41, 5.74) is 2.67. The summed E-state index contributed by atoms with van der Waals surface area (Å²) >= 11 is 3.45. The molecule has 0 radical (unpaired) electrons. The molecule has 0 unspecified atom stereocenters. The molecule has 9 nitrogen and oxygen atoms in total. The molecule has 3 aromatic rings. The molecule has 1 fully saturated rings. The lowest BCUT2D eigenvalue weighted by molar-refractivity contribution is -0.123. The van der Waals surface area contributed by atoms with Crippen LogP contribution in [0.3, 0.4) is 0 Å². The average Bonchev–Trinajstić information content (AvgIpc) is 3.43. The molecule has 3 amide bonds. The molecule has 0 spiro atoms. The van der Waals surface area contributed by atoms with Gasteiger partial charge in [0, 0.05) is 10.0 Å². The van der Waals surface area contributed by atoms with Gasteiger partial charge in [-0.3, -0.25) is 9.69 Å². The second-order valence-electron chi connectivity index (χ2n) is 7.94. The van der Waals surface area contributed by atoms with Gasteiger partial charge in [0.15, 0.2) is 11.5 Å². The van der Waals surface area contributed by atoms with E-state index in [9.17, 15) is 14.4 Å². The second-order valence-corrected chi connectivity index (χ2v) is 8.86. The van der Waals surface area contributed by atoms with Crippen molar-refractivity contribution in [2.45, 2.75) is 20.1 Å². The Bertz CT molecular complexity index is 1360. The van der Waals surface area contributed by atoms with Gasteiger partial charge in [0.2, 0.25) is 5.76 Å². The zero-order valence-electron chi connectivity index (χ0n) is 19.8. The second kappa shape index (κ2) is 10.7. The van der Waals surface area contributed by atoms with Crippen LogP contribution in [0.15, 0.2) is 63.1 Å². The van der Waals surface area contributed by atoms with Crippen LogP contribution < -0.4 is 14.8 Å². The number of hydrogen-bond donors (Lipinski definition) is 1. The summed E-state index contributed by atoms with van der Waals surface area (Å²) in [6.07, 6.45) is 1.53. The van der Waals surface area contributed by atoms with E-state index >= 15 is 0 Å². The lowest BCUT2D eigenvalue weighted by Gasteiger charge is -2.15. The SMILES string of the molecule is COC(=O)c1ccc(CN2C(=O)N/C(=C/c3cc(Br)cc(OC)c3OCc3cccc(C)c3)C2=O)o1. The van der Waals surface area contributed by atoms with Crippen molar-refractivity contribution < 1.29 is 33.0 Å². The monoisotopic (exact) mass is 554 g/mol. The highest BCUT2D eigenvalue weighted by Crippen LogP contribution is 2.37. The lowest BCUT2D eigenvalue weighted by Crippen LogP contribution is -2.30. The molecule has 36 heavy (non-hydrogen) atoms. The molecule has 0 bridgehead atoms. The first kappa shape index (κ1) is 25.1. The molecule has 1 aromatic heterocycles. The lowest BCUT2D eigenvalue weighted by atomic mass is 10.1. The third kappa shape index (κ3) is 5.44. The van der Waals surface area contributed by atoms with E-state index in [4.69, 9.17) is 13.9 Å². The summed E-state index contributed by atoms with van der Waals surface area (Å²) in [6, 6.07) is 13.7. The van der Waals surface area contributed by atoms with Crippen molar-refractivity contribution in [3.63, 3.8) is 0 Å². The summed E-state index contributed by atoms with van der Waals surface area (Å²) in [5, 5.41) is 2.58. The van der Waals surface area contributed by atoms with Crippen molar-refractivity contribution in [2.24, 2.45) is 0 Å². The molecule has 4 rings (SSSR count). The normalized spacial score (nSPS) is 14.2. The maximum absolute atomic E-state index is 13.0. The number of furan rings is 1. The topological polar surface area (TPSA) is 107 Å². The first-order valence-electron chi connectivity index (χ1n) is 10.9. The minimum atomic E-state index is -0.652. The van der Waals surface area contributed by atoms with Gasteiger partial charge in [0.1, 0.15) is 18.1 Å². The number of rotatable bonds is 8. The van der Waals surface area contributed by atoms with Crippen molar-refractivity contribution in [1.29, 1.82) is 0 Å². The van der Waals surface area contributed by atoms with Crippen LogP contribution in [0.5, 0.6) is 11.5 Å². The van der Waals surface area contributed by atoms with Crippen molar-refractivity contribution in [2.75, 3.05) is 14.2 Å². The number of urea groups is 1. The number of halogens is 1. The van der Waals surface area contributed by atoms with E-state index in [0.717, 1.165) is 16.0 Å². The molecular weight excluding hydrogens is 532 g/mol. The van der Waals surface area contributed by atoms with Gasteiger partial charge in [0.25, 0.3) is 5.91 Å². The summed E-state index contributed by atoms with van der Waals surface area (Å²) in [4.78, 5) is 38.2. The molecular formula is C26H23BrN2O7. The summed E-state index contributed by atoms with van der Waals surface area (Å²) < 4.78 is 22.3. The van der Waals surface area contributed by atoms with Crippen molar-refractivity contribution in [3.05, 3.63) is 86.9 Å². The predicted octanol–water partition coefficient (Wildman–Crippen LogP) is 4.82. The van der Waals surface area contributed by atoms with Crippen LogP contribution in [-0.4, -0.2) is 37.0 Å². The molecule has 0 aliphatic carbocycles. The standard InChI is InChI=1S/C26H23BrN2O7/c1-15-5-4-6-16(9-15)14-35-23-17(10-18(27)12-22(23)33-2)11-20-24(30)29(26(32)28-20)13-19-7-8-21(36-19)25(31)34-3/h4-12H,13-14H2,1-3H3,(H,28,32)/b20-11+. The van der Waals surface area contributed by atoms with Crippen LogP contribution in [-0.2, 0) is 22.7 Å². The Hall–Kier alpha value is -4.05. The average molecular weight is 555 g/mol. The van der Waals surface area contributed by atoms with Crippen molar-refractivity contribution >= 4 is 39.9 Å². The Morgan fingerprint density at radius 2 is 1.94 bits per heavy atom. The number of carbonyl (C=O) groups is 3. The highest BCUT2D eigenvalue weighted by molar-refractivity contribution is 9.10. The van der Waals surface area contributed by atoms with Gasteiger partial charge in [0.05, 0.1) is 20.8 Å². The molecule has 0 saturated carbocycles.